The molecule has 0 fully saturated rings. The Kier molecular flexibility index (Phi) is 4.01. The molecule has 0 aliphatic carbocycles. The normalized spacial score (nSPS) is 11.6. The average molecular weight is 315 g/mol. The molecule has 0 N–H and O–H groups in total. The van der Waals surface area contributed by atoms with Crippen LogP contribution in [0.3, 0.4) is 0 Å². The number of nitrogens with zero attached hydrogens (tertiary/aromatic N) is 3. The van der Waals surface area contributed by atoms with E-state index in [1.807, 2.05) is 18.9 Å². The van der Waals surface area contributed by atoms with Gasteiger partial charge in [-0.1, -0.05) is 5.22 Å². The van der Waals surface area contributed by atoms with Crippen LogP contribution in [-0.2, 0) is 0 Å². The molecule has 1 aromatic carbocycles. The van der Waals surface area contributed by atoms with Crippen LogP contribution in [0.15, 0.2) is 48.4 Å². The second-order valence-corrected chi connectivity index (χ2v) is 4.87. The molecule has 0 atom stereocenters. The Bertz CT molecular complexity index is 922. The molecule has 2 aromatic heterocycles. The van der Waals surface area contributed by atoms with E-state index in [4.69, 9.17) is 13.6 Å². The number of hydrogen-bond acceptors (Lipinski definition) is 6. The number of methoxy groups -OCH3 is 1. The van der Waals surface area contributed by atoms with Gasteiger partial charge in [-0.25, -0.2) is 4.79 Å². The van der Waals surface area contributed by atoms with E-state index in [1.165, 1.54) is 13.2 Å². The van der Waals surface area contributed by atoms with Gasteiger partial charge in [0.2, 0.25) is 5.75 Å². The molecule has 0 amide bonds. The van der Waals surface area contributed by atoms with Gasteiger partial charge in [0.1, 0.15) is 5.69 Å². The van der Waals surface area contributed by atoms with Gasteiger partial charge in [0.25, 0.3) is 0 Å². The lowest BCUT2D eigenvalue weighted by molar-refractivity contribution is 0.301. The molecule has 0 saturated heterocycles. The van der Waals surface area contributed by atoms with Gasteiger partial charge in [0.05, 0.1) is 24.1 Å². The highest BCUT2D eigenvalue weighted by molar-refractivity contribution is 6.10. The SMILES string of the molecule is CCN(CC)N=Nc1c2ccoc2c(OC)c2oc(=O)ccc12. The number of ether oxygens (including phenoxy) is 1. The zero-order valence-corrected chi connectivity index (χ0v) is 13.2. The van der Waals surface area contributed by atoms with E-state index in [2.05, 4.69) is 10.3 Å². The summed E-state index contributed by atoms with van der Waals surface area (Å²) in [5, 5.41) is 11.8. The molecule has 0 aliphatic heterocycles. The Labute approximate surface area is 132 Å². The van der Waals surface area contributed by atoms with Crippen LogP contribution in [0.2, 0.25) is 0 Å². The summed E-state index contributed by atoms with van der Waals surface area (Å²) in [6.45, 7) is 5.50. The largest absolute Gasteiger partial charge is 0.490 e. The summed E-state index contributed by atoms with van der Waals surface area (Å²) in [6.07, 6.45) is 1.54. The van der Waals surface area contributed by atoms with Gasteiger partial charge in [0.15, 0.2) is 11.2 Å². The van der Waals surface area contributed by atoms with Crippen LogP contribution >= 0.6 is 0 Å². The third-order valence-electron chi connectivity index (χ3n) is 3.63. The van der Waals surface area contributed by atoms with Crippen molar-refractivity contribution < 1.29 is 13.6 Å². The van der Waals surface area contributed by atoms with E-state index >= 15 is 0 Å². The Morgan fingerprint density at radius 3 is 2.57 bits per heavy atom. The minimum Gasteiger partial charge on any atom is -0.490 e. The van der Waals surface area contributed by atoms with Crippen molar-refractivity contribution in [3.05, 3.63) is 34.9 Å². The summed E-state index contributed by atoms with van der Waals surface area (Å²) in [5.41, 5.74) is 0.896. The minimum absolute atomic E-state index is 0.302. The van der Waals surface area contributed by atoms with Crippen molar-refractivity contribution in [2.45, 2.75) is 13.8 Å². The molecule has 7 nitrogen and oxygen atoms in total. The van der Waals surface area contributed by atoms with E-state index in [0.717, 1.165) is 18.5 Å². The lowest BCUT2D eigenvalue weighted by Gasteiger charge is -2.12. The first-order valence-electron chi connectivity index (χ1n) is 7.37. The lowest BCUT2D eigenvalue weighted by atomic mass is 10.1. The summed E-state index contributed by atoms with van der Waals surface area (Å²) in [5.74, 6) is 0.375. The van der Waals surface area contributed by atoms with Crippen molar-refractivity contribution in [3.63, 3.8) is 0 Å². The number of fused-ring (bicyclic) bond motifs is 2. The highest BCUT2D eigenvalue weighted by atomic mass is 16.5. The van der Waals surface area contributed by atoms with Gasteiger partial charge < -0.3 is 13.6 Å². The molecule has 120 valence electrons. The maximum absolute atomic E-state index is 11.6. The molecule has 3 aromatic rings. The molecule has 0 radical (unpaired) electrons. The van der Waals surface area contributed by atoms with Gasteiger partial charge in [0, 0.05) is 19.2 Å². The highest BCUT2D eigenvalue weighted by Crippen LogP contribution is 2.42. The quantitative estimate of drug-likeness (QED) is 0.405. The third-order valence-corrected chi connectivity index (χ3v) is 3.63. The fraction of sp³-hybridized carbons (Fsp3) is 0.312. The molecule has 7 heteroatoms. The zero-order valence-electron chi connectivity index (χ0n) is 13.2. The summed E-state index contributed by atoms with van der Waals surface area (Å²) in [4.78, 5) is 11.6. The van der Waals surface area contributed by atoms with Crippen molar-refractivity contribution in [1.29, 1.82) is 0 Å². The van der Waals surface area contributed by atoms with Gasteiger partial charge in [-0.15, -0.1) is 5.11 Å². The van der Waals surface area contributed by atoms with E-state index in [1.54, 1.807) is 18.4 Å². The second kappa shape index (κ2) is 6.12. The molecule has 0 spiro atoms. The van der Waals surface area contributed by atoms with Gasteiger partial charge in [-0.2, -0.15) is 0 Å². The number of benzene rings is 1. The van der Waals surface area contributed by atoms with Crippen LogP contribution in [0.4, 0.5) is 5.69 Å². The van der Waals surface area contributed by atoms with Gasteiger partial charge in [-0.05, 0) is 26.0 Å². The first kappa shape index (κ1) is 15.1. The topological polar surface area (TPSA) is 80.5 Å². The minimum atomic E-state index is -0.465. The molecule has 0 saturated carbocycles. The Balaban J connectivity index is 2.34. The van der Waals surface area contributed by atoms with Crippen molar-refractivity contribution in [3.8, 4) is 5.75 Å². The summed E-state index contributed by atoms with van der Waals surface area (Å²) in [6, 6.07) is 4.80. The molecule has 23 heavy (non-hydrogen) atoms. The van der Waals surface area contributed by atoms with Crippen molar-refractivity contribution in [2.24, 2.45) is 10.3 Å². The highest BCUT2D eigenvalue weighted by Gasteiger charge is 2.19. The van der Waals surface area contributed by atoms with Crippen LogP contribution < -0.4 is 10.4 Å². The van der Waals surface area contributed by atoms with Crippen LogP contribution in [-0.4, -0.2) is 25.2 Å². The van der Waals surface area contributed by atoms with Crippen LogP contribution in [0.25, 0.3) is 21.9 Å². The van der Waals surface area contributed by atoms with Crippen LogP contribution in [0.5, 0.6) is 5.75 Å². The van der Waals surface area contributed by atoms with E-state index in [-0.39, 0.29) is 0 Å². The fourth-order valence-corrected chi connectivity index (χ4v) is 2.44. The second-order valence-electron chi connectivity index (χ2n) is 4.87. The van der Waals surface area contributed by atoms with Crippen LogP contribution in [0, 0.1) is 0 Å². The lowest BCUT2D eigenvalue weighted by Crippen LogP contribution is -2.14. The van der Waals surface area contributed by atoms with Crippen molar-refractivity contribution >= 4 is 27.6 Å². The van der Waals surface area contributed by atoms with E-state index in [0.29, 0.717) is 28.0 Å². The number of hydrogen-bond donors (Lipinski definition) is 0. The summed E-state index contributed by atoms with van der Waals surface area (Å²) in [7, 11) is 1.50. The monoisotopic (exact) mass is 315 g/mol. The predicted molar refractivity (Wildman–Crippen MR) is 86.2 cm³/mol. The van der Waals surface area contributed by atoms with E-state index < -0.39 is 5.63 Å². The summed E-state index contributed by atoms with van der Waals surface area (Å²) < 4.78 is 16.2. The molecule has 0 bridgehead atoms. The number of furan rings is 1. The maximum atomic E-state index is 11.6. The molecule has 0 unspecified atom stereocenters. The molecular formula is C16H17N3O4. The molecule has 3 rings (SSSR count). The van der Waals surface area contributed by atoms with Gasteiger partial charge in [-0.3, -0.25) is 5.01 Å². The smallest absolute Gasteiger partial charge is 0.336 e. The third kappa shape index (κ3) is 2.54. The van der Waals surface area contributed by atoms with Crippen LogP contribution in [0.1, 0.15) is 13.8 Å². The van der Waals surface area contributed by atoms with Crippen molar-refractivity contribution in [2.75, 3.05) is 20.2 Å². The molecule has 0 aliphatic rings. The number of rotatable bonds is 5. The Morgan fingerprint density at radius 1 is 1.13 bits per heavy atom. The maximum Gasteiger partial charge on any atom is 0.336 e. The van der Waals surface area contributed by atoms with E-state index in [9.17, 15) is 4.79 Å². The first-order chi connectivity index (χ1) is 11.2. The zero-order chi connectivity index (χ0) is 16.4. The van der Waals surface area contributed by atoms with Crippen molar-refractivity contribution in [1.82, 2.24) is 5.01 Å². The Hall–Kier alpha value is -2.83. The predicted octanol–water partition coefficient (Wildman–Crippen LogP) is 3.89. The summed E-state index contributed by atoms with van der Waals surface area (Å²) >= 11 is 0. The fourth-order valence-electron chi connectivity index (χ4n) is 2.44. The molecule has 2 heterocycles. The average Bonchev–Trinajstić information content (AvgIpc) is 3.04. The van der Waals surface area contributed by atoms with Gasteiger partial charge >= 0.3 is 5.63 Å². The first-order valence-corrected chi connectivity index (χ1v) is 7.37. The molecular weight excluding hydrogens is 298 g/mol. The standard InChI is InChI=1S/C16H17N3O4/c1-4-19(5-2)18-17-13-10-6-7-12(20)23-15(10)16(21-3)14-11(13)8-9-22-14/h6-9H,4-5H2,1-3H3. The Morgan fingerprint density at radius 2 is 1.87 bits per heavy atom.